The highest BCUT2D eigenvalue weighted by molar-refractivity contribution is 6.35. The predicted molar refractivity (Wildman–Crippen MR) is 57.6 cm³/mol. The summed E-state index contributed by atoms with van der Waals surface area (Å²) in [6, 6.07) is 4.52. The van der Waals surface area contributed by atoms with Crippen molar-refractivity contribution in [1.29, 1.82) is 0 Å². The molecule has 82 valence electrons. The molecule has 0 aliphatic rings. The van der Waals surface area contributed by atoms with Crippen molar-refractivity contribution >= 4 is 29.2 Å². The fourth-order valence-electron chi connectivity index (χ4n) is 0.923. The second-order valence-corrected chi connectivity index (χ2v) is 3.60. The van der Waals surface area contributed by atoms with Crippen molar-refractivity contribution in [2.45, 2.75) is 6.10 Å². The van der Waals surface area contributed by atoms with Gasteiger partial charge in [-0.05, 0) is 18.2 Å². The van der Waals surface area contributed by atoms with Gasteiger partial charge in [-0.25, -0.2) is 4.79 Å². The van der Waals surface area contributed by atoms with Crippen LogP contribution in [0.5, 0.6) is 5.75 Å². The summed E-state index contributed by atoms with van der Waals surface area (Å²) in [5.41, 5.74) is 5.23. The highest BCUT2D eigenvalue weighted by Crippen LogP contribution is 2.28. The first-order valence-corrected chi connectivity index (χ1v) is 4.84. The zero-order valence-electron chi connectivity index (χ0n) is 7.61. The van der Waals surface area contributed by atoms with E-state index in [4.69, 9.17) is 38.8 Å². The topological polar surface area (TPSA) is 72.5 Å². The predicted octanol–water partition coefficient (Wildman–Crippen LogP) is 1.78. The van der Waals surface area contributed by atoms with Gasteiger partial charge in [0.1, 0.15) is 5.75 Å². The fourth-order valence-corrected chi connectivity index (χ4v) is 1.38. The molecule has 0 spiro atoms. The third kappa shape index (κ3) is 3.27. The average molecular weight is 250 g/mol. The molecule has 0 radical (unpaired) electrons. The monoisotopic (exact) mass is 249 g/mol. The Morgan fingerprint density at radius 3 is 2.67 bits per heavy atom. The number of ether oxygens (including phenoxy) is 1. The van der Waals surface area contributed by atoms with Gasteiger partial charge in [0.2, 0.25) is 6.10 Å². The van der Waals surface area contributed by atoms with E-state index in [1.807, 2.05) is 0 Å². The molecule has 0 aromatic heterocycles. The number of benzene rings is 1. The average Bonchev–Trinajstić information content (AvgIpc) is 2.16. The number of carboxylic acid groups (broad SMARTS) is 1. The normalized spacial score (nSPS) is 12.2. The Balaban J connectivity index is 2.84. The van der Waals surface area contributed by atoms with Crippen LogP contribution in [-0.2, 0) is 4.79 Å². The standard InChI is InChI=1S/C9H9Cl2NO3/c10-5-1-2-7(6(11)3-5)15-8(4-12)9(13)14/h1-3,8H,4,12H2,(H,13,14). The van der Waals surface area contributed by atoms with Gasteiger partial charge in [0.25, 0.3) is 0 Å². The Morgan fingerprint density at radius 1 is 1.53 bits per heavy atom. The first-order chi connectivity index (χ1) is 7.04. The van der Waals surface area contributed by atoms with E-state index in [-0.39, 0.29) is 17.3 Å². The van der Waals surface area contributed by atoms with Crippen LogP contribution in [0.1, 0.15) is 0 Å². The third-order valence-corrected chi connectivity index (χ3v) is 2.18. The summed E-state index contributed by atoms with van der Waals surface area (Å²) in [6.45, 7) is -0.131. The quantitative estimate of drug-likeness (QED) is 0.854. The van der Waals surface area contributed by atoms with Crippen molar-refractivity contribution < 1.29 is 14.6 Å². The minimum Gasteiger partial charge on any atom is -0.478 e. The van der Waals surface area contributed by atoms with Crippen LogP contribution in [0, 0.1) is 0 Å². The van der Waals surface area contributed by atoms with Gasteiger partial charge in [0, 0.05) is 11.6 Å². The molecule has 0 saturated heterocycles. The summed E-state index contributed by atoms with van der Waals surface area (Å²) in [7, 11) is 0. The van der Waals surface area contributed by atoms with Gasteiger partial charge in [0.05, 0.1) is 5.02 Å². The molecule has 0 bridgehead atoms. The van der Waals surface area contributed by atoms with Crippen LogP contribution in [0.4, 0.5) is 0 Å². The van der Waals surface area contributed by atoms with Crippen LogP contribution in [0.2, 0.25) is 10.0 Å². The van der Waals surface area contributed by atoms with Gasteiger partial charge in [0.15, 0.2) is 0 Å². The van der Waals surface area contributed by atoms with E-state index in [1.165, 1.54) is 12.1 Å². The van der Waals surface area contributed by atoms with Crippen LogP contribution in [0.3, 0.4) is 0 Å². The first kappa shape index (κ1) is 12.1. The maximum Gasteiger partial charge on any atom is 0.346 e. The second kappa shape index (κ2) is 5.21. The second-order valence-electron chi connectivity index (χ2n) is 2.76. The molecule has 0 heterocycles. The molecule has 15 heavy (non-hydrogen) atoms. The van der Waals surface area contributed by atoms with E-state index in [0.29, 0.717) is 5.02 Å². The third-order valence-electron chi connectivity index (χ3n) is 1.65. The Kier molecular flexibility index (Phi) is 4.20. The van der Waals surface area contributed by atoms with Crippen molar-refractivity contribution in [1.82, 2.24) is 0 Å². The van der Waals surface area contributed by atoms with Crippen molar-refractivity contribution in [3.63, 3.8) is 0 Å². The molecular formula is C9H9Cl2NO3. The summed E-state index contributed by atoms with van der Waals surface area (Å²) < 4.78 is 5.10. The lowest BCUT2D eigenvalue weighted by Gasteiger charge is -2.13. The van der Waals surface area contributed by atoms with Gasteiger partial charge in [-0.1, -0.05) is 23.2 Å². The number of nitrogens with two attached hydrogens (primary N) is 1. The van der Waals surface area contributed by atoms with Crippen molar-refractivity contribution in [3.8, 4) is 5.75 Å². The van der Waals surface area contributed by atoms with E-state index in [0.717, 1.165) is 0 Å². The summed E-state index contributed by atoms with van der Waals surface area (Å²) in [5, 5.41) is 9.41. The largest absolute Gasteiger partial charge is 0.478 e. The van der Waals surface area contributed by atoms with Gasteiger partial charge in [-0.2, -0.15) is 0 Å². The van der Waals surface area contributed by atoms with Crippen molar-refractivity contribution in [2.24, 2.45) is 5.73 Å². The van der Waals surface area contributed by atoms with Crippen LogP contribution in [0.25, 0.3) is 0 Å². The smallest absolute Gasteiger partial charge is 0.346 e. The molecule has 1 rings (SSSR count). The van der Waals surface area contributed by atoms with E-state index in [9.17, 15) is 4.79 Å². The zero-order chi connectivity index (χ0) is 11.4. The SMILES string of the molecule is NCC(Oc1ccc(Cl)cc1Cl)C(=O)O. The molecule has 0 aliphatic heterocycles. The Labute approximate surface area is 96.5 Å². The minimum absolute atomic E-state index is 0.131. The number of aliphatic carboxylic acids is 1. The Hall–Kier alpha value is -0.970. The van der Waals surface area contributed by atoms with Crippen LogP contribution >= 0.6 is 23.2 Å². The van der Waals surface area contributed by atoms with Gasteiger partial charge in [-0.3, -0.25) is 0 Å². The maximum atomic E-state index is 10.6. The molecule has 1 atom stereocenters. The van der Waals surface area contributed by atoms with Crippen LogP contribution < -0.4 is 10.5 Å². The number of halogens is 2. The van der Waals surface area contributed by atoms with E-state index in [2.05, 4.69) is 0 Å². The molecule has 4 nitrogen and oxygen atoms in total. The van der Waals surface area contributed by atoms with E-state index >= 15 is 0 Å². The van der Waals surface area contributed by atoms with E-state index in [1.54, 1.807) is 6.07 Å². The molecule has 1 aromatic carbocycles. The molecule has 0 saturated carbocycles. The lowest BCUT2D eigenvalue weighted by molar-refractivity contribution is -0.144. The summed E-state index contributed by atoms with van der Waals surface area (Å²) in [6.07, 6.45) is -1.11. The van der Waals surface area contributed by atoms with Crippen LogP contribution in [0.15, 0.2) is 18.2 Å². The van der Waals surface area contributed by atoms with Crippen LogP contribution in [-0.4, -0.2) is 23.7 Å². The minimum atomic E-state index is -1.14. The van der Waals surface area contributed by atoms with Gasteiger partial charge >= 0.3 is 5.97 Å². The number of rotatable bonds is 4. The van der Waals surface area contributed by atoms with Crippen molar-refractivity contribution in [3.05, 3.63) is 28.2 Å². The van der Waals surface area contributed by atoms with Gasteiger partial charge < -0.3 is 15.6 Å². The van der Waals surface area contributed by atoms with Gasteiger partial charge in [-0.15, -0.1) is 0 Å². The van der Waals surface area contributed by atoms with Crippen molar-refractivity contribution in [2.75, 3.05) is 6.54 Å². The number of hydrogen-bond donors (Lipinski definition) is 2. The molecule has 1 aromatic rings. The molecular weight excluding hydrogens is 241 g/mol. The lowest BCUT2D eigenvalue weighted by Crippen LogP contribution is -2.34. The molecule has 0 fully saturated rings. The number of hydrogen-bond acceptors (Lipinski definition) is 3. The first-order valence-electron chi connectivity index (χ1n) is 4.09. The summed E-state index contributed by atoms with van der Waals surface area (Å²) >= 11 is 11.5. The maximum absolute atomic E-state index is 10.6. The highest BCUT2D eigenvalue weighted by Gasteiger charge is 2.18. The molecule has 0 amide bonds. The highest BCUT2D eigenvalue weighted by atomic mass is 35.5. The Bertz CT molecular complexity index is 370. The summed E-state index contributed by atoms with van der Waals surface area (Å²) in [4.78, 5) is 10.6. The Morgan fingerprint density at radius 2 is 2.20 bits per heavy atom. The van der Waals surface area contributed by atoms with E-state index < -0.39 is 12.1 Å². The molecule has 0 aliphatic carbocycles. The lowest BCUT2D eigenvalue weighted by atomic mass is 10.3. The number of carbonyl (C=O) groups is 1. The fraction of sp³-hybridized carbons (Fsp3) is 0.222. The summed E-state index contributed by atoms with van der Waals surface area (Å²) in [5.74, 6) is -0.887. The molecule has 3 N–H and O–H groups in total. The number of carboxylic acids is 1. The zero-order valence-corrected chi connectivity index (χ0v) is 9.13. The molecule has 1 unspecified atom stereocenters. The molecule has 6 heteroatoms.